The van der Waals surface area contributed by atoms with Crippen molar-refractivity contribution in [2.75, 3.05) is 13.7 Å². The second kappa shape index (κ2) is 12.9. The van der Waals surface area contributed by atoms with Gasteiger partial charge in [0.2, 0.25) is 12.4 Å². The van der Waals surface area contributed by atoms with E-state index in [0.29, 0.717) is 12.3 Å². The zero-order valence-electron chi connectivity index (χ0n) is 19.7. The molecule has 0 saturated carbocycles. The second-order valence-electron chi connectivity index (χ2n) is 7.68. The number of methoxy groups -OCH3 is 1. The summed E-state index contributed by atoms with van der Waals surface area (Å²) < 4.78 is 32.2. The first-order valence-electron chi connectivity index (χ1n) is 10.9. The van der Waals surface area contributed by atoms with Gasteiger partial charge in [-0.15, -0.1) is 0 Å². The molecule has 0 aromatic heterocycles. The highest BCUT2D eigenvalue weighted by Crippen LogP contribution is 2.31. The fraction of sp³-hybridized carbons (Fsp3) is 0.565. The molecule has 11 heteroatoms. The average Bonchev–Trinajstić information content (AvgIpc) is 2.77. The van der Waals surface area contributed by atoms with Gasteiger partial charge >= 0.3 is 23.9 Å². The van der Waals surface area contributed by atoms with Crippen LogP contribution in [-0.4, -0.2) is 68.2 Å². The molecule has 1 saturated heterocycles. The van der Waals surface area contributed by atoms with Gasteiger partial charge in [-0.2, -0.15) is 0 Å². The number of carbonyl (C=O) groups excluding carboxylic acids is 4. The van der Waals surface area contributed by atoms with Crippen molar-refractivity contribution in [1.29, 1.82) is 0 Å². The van der Waals surface area contributed by atoms with Crippen molar-refractivity contribution in [1.82, 2.24) is 0 Å². The van der Waals surface area contributed by atoms with E-state index in [1.54, 1.807) is 12.1 Å². The number of benzene rings is 1. The molecule has 0 radical (unpaired) electrons. The molecule has 34 heavy (non-hydrogen) atoms. The third kappa shape index (κ3) is 7.70. The zero-order valence-corrected chi connectivity index (χ0v) is 19.7. The molecular formula is C23H31NO10. The Balaban J connectivity index is 2.36. The summed E-state index contributed by atoms with van der Waals surface area (Å²) in [4.78, 5) is 47.8. The lowest BCUT2D eigenvalue weighted by Crippen LogP contribution is -2.64. The number of nitrogens with two attached hydrogens (primary N) is 1. The Bertz CT molecular complexity index is 856. The molecule has 1 aliphatic rings. The predicted octanol–water partition coefficient (Wildman–Crippen LogP) is 1.04. The monoisotopic (exact) mass is 481 g/mol. The number of carbonyl (C=O) groups is 4. The van der Waals surface area contributed by atoms with Gasteiger partial charge in [-0.25, -0.2) is 4.79 Å². The Kier molecular flexibility index (Phi) is 10.3. The van der Waals surface area contributed by atoms with Crippen LogP contribution in [0, 0.1) is 0 Å². The van der Waals surface area contributed by atoms with Gasteiger partial charge in [0.25, 0.3) is 0 Å². The largest absolute Gasteiger partial charge is 0.467 e. The second-order valence-corrected chi connectivity index (χ2v) is 7.68. The Morgan fingerprint density at radius 2 is 1.41 bits per heavy atom. The molecule has 5 atom stereocenters. The predicted molar refractivity (Wildman–Crippen MR) is 116 cm³/mol. The standard InChI is InChI=1S/C23H31NO10/c1-13(25)30-18-19(31-14(2)26)21(32-15(3)27)23(34-20(18)22(28)29-4)33-17-10-8-16(9-11-17)7-5-6-12-24/h8-11,18-21,23H,5-7,12,24H2,1-4H3/t18-,19-,20-,21+,23?/m0/s1. The molecule has 1 aliphatic heterocycles. The van der Waals surface area contributed by atoms with Crippen LogP contribution < -0.4 is 10.5 Å². The lowest BCUT2D eigenvalue weighted by atomic mass is 9.97. The maximum Gasteiger partial charge on any atom is 0.339 e. The van der Waals surface area contributed by atoms with Crippen molar-refractivity contribution in [2.45, 2.75) is 70.7 Å². The maximum atomic E-state index is 12.4. The first-order valence-corrected chi connectivity index (χ1v) is 10.9. The molecule has 1 heterocycles. The summed E-state index contributed by atoms with van der Waals surface area (Å²) in [5, 5.41) is 0. The van der Waals surface area contributed by atoms with Crippen molar-refractivity contribution < 1.29 is 47.6 Å². The number of esters is 4. The highest BCUT2D eigenvalue weighted by atomic mass is 16.7. The number of rotatable bonds is 10. The molecule has 0 amide bonds. The third-order valence-electron chi connectivity index (χ3n) is 4.93. The summed E-state index contributed by atoms with van der Waals surface area (Å²) in [6.07, 6.45) is -4.38. The fourth-order valence-corrected chi connectivity index (χ4v) is 3.52. The van der Waals surface area contributed by atoms with E-state index in [2.05, 4.69) is 0 Å². The van der Waals surface area contributed by atoms with Gasteiger partial charge < -0.3 is 34.2 Å². The molecule has 2 rings (SSSR count). The van der Waals surface area contributed by atoms with Crippen molar-refractivity contribution in [2.24, 2.45) is 5.73 Å². The summed E-state index contributed by atoms with van der Waals surface area (Å²) in [5.41, 5.74) is 6.60. The molecule has 1 unspecified atom stereocenters. The van der Waals surface area contributed by atoms with E-state index in [0.717, 1.165) is 52.7 Å². The van der Waals surface area contributed by atoms with Crippen LogP contribution in [0.4, 0.5) is 0 Å². The SMILES string of the molecule is COC(=O)[C@H]1OC(Oc2ccc(CCCCN)cc2)[C@H](OC(C)=O)[C@@H](OC(C)=O)[C@@H]1OC(C)=O. The normalized spacial score (nSPS) is 24.0. The minimum Gasteiger partial charge on any atom is -0.467 e. The smallest absolute Gasteiger partial charge is 0.339 e. The molecule has 2 N–H and O–H groups in total. The van der Waals surface area contributed by atoms with Crippen molar-refractivity contribution in [3.63, 3.8) is 0 Å². The van der Waals surface area contributed by atoms with Gasteiger partial charge in [0.05, 0.1) is 7.11 Å². The minimum atomic E-state index is -1.51. The third-order valence-corrected chi connectivity index (χ3v) is 4.93. The number of hydrogen-bond donors (Lipinski definition) is 1. The van der Waals surface area contributed by atoms with E-state index in [-0.39, 0.29) is 0 Å². The molecular weight excluding hydrogens is 450 g/mol. The van der Waals surface area contributed by atoms with Crippen LogP contribution in [0.1, 0.15) is 39.2 Å². The van der Waals surface area contributed by atoms with Crippen LogP contribution in [0.15, 0.2) is 24.3 Å². The number of aryl methyl sites for hydroxylation is 1. The molecule has 0 bridgehead atoms. The van der Waals surface area contributed by atoms with Crippen LogP contribution >= 0.6 is 0 Å². The molecule has 0 aliphatic carbocycles. The van der Waals surface area contributed by atoms with Gasteiger partial charge in [0.1, 0.15) is 5.75 Å². The topological polar surface area (TPSA) is 150 Å². The van der Waals surface area contributed by atoms with Crippen LogP contribution in [0.3, 0.4) is 0 Å². The van der Waals surface area contributed by atoms with Crippen molar-refractivity contribution >= 4 is 23.9 Å². The fourth-order valence-electron chi connectivity index (χ4n) is 3.52. The zero-order chi connectivity index (χ0) is 25.3. The van der Waals surface area contributed by atoms with E-state index >= 15 is 0 Å². The lowest BCUT2D eigenvalue weighted by Gasteiger charge is -2.43. The summed E-state index contributed by atoms with van der Waals surface area (Å²) >= 11 is 0. The molecule has 1 aromatic carbocycles. The van der Waals surface area contributed by atoms with E-state index in [1.165, 1.54) is 0 Å². The van der Waals surface area contributed by atoms with Crippen LogP contribution in [0.2, 0.25) is 0 Å². The minimum absolute atomic E-state index is 0.348. The molecule has 1 aromatic rings. The van der Waals surface area contributed by atoms with Crippen molar-refractivity contribution in [3.05, 3.63) is 29.8 Å². The maximum absolute atomic E-state index is 12.4. The van der Waals surface area contributed by atoms with E-state index in [1.807, 2.05) is 12.1 Å². The number of hydrogen-bond acceptors (Lipinski definition) is 11. The average molecular weight is 481 g/mol. The van der Waals surface area contributed by atoms with E-state index in [4.69, 9.17) is 34.2 Å². The van der Waals surface area contributed by atoms with Gasteiger partial charge in [-0.3, -0.25) is 14.4 Å². The van der Waals surface area contributed by atoms with Gasteiger partial charge in [-0.05, 0) is 43.5 Å². The van der Waals surface area contributed by atoms with Crippen LogP contribution in [0.25, 0.3) is 0 Å². The summed E-state index contributed by atoms with van der Waals surface area (Å²) in [7, 11) is 1.12. The van der Waals surface area contributed by atoms with E-state index in [9.17, 15) is 19.2 Å². The molecule has 11 nitrogen and oxygen atoms in total. The summed E-state index contributed by atoms with van der Waals surface area (Å²) in [6, 6.07) is 7.10. The number of ether oxygens (including phenoxy) is 6. The lowest BCUT2D eigenvalue weighted by molar-refractivity contribution is -0.282. The first kappa shape index (κ1) is 27.1. The van der Waals surface area contributed by atoms with Crippen LogP contribution in [0.5, 0.6) is 5.75 Å². The van der Waals surface area contributed by atoms with Gasteiger partial charge in [0, 0.05) is 20.8 Å². The van der Waals surface area contributed by atoms with Crippen molar-refractivity contribution in [3.8, 4) is 5.75 Å². The van der Waals surface area contributed by atoms with Crippen LogP contribution in [-0.2, 0) is 49.3 Å². The highest BCUT2D eigenvalue weighted by Gasteiger charge is 2.55. The number of unbranched alkanes of at least 4 members (excludes halogenated alkanes) is 1. The van der Waals surface area contributed by atoms with E-state index < -0.39 is 54.6 Å². The summed E-state index contributed by atoms with van der Waals surface area (Å²) in [6.45, 7) is 4.00. The Morgan fingerprint density at radius 1 is 0.853 bits per heavy atom. The van der Waals surface area contributed by atoms with Gasteiger partial charge in [-0.1, -0.05) is 12.1 Å². The van der Waals surface area contributed by atoms with Gasteiger partial charge in [0.15, 0.2) is 18.3 Å². The molecule has 1 fully saturated rings. The Labute approximate surface area is 197 Å². The quantitative estimate of drug-likeness (QED) is 0.290. The molecule has 188 valence electrons. The molecule has 0 spiro atoms. The summed E-state index contributed by atoms with van der Waals surface area (Å²) in [5.74, 6) is -2.81. The first-order chi connectivity index (χ1) is 16.2. The Hall–Kier alpha value is -3.18. The highest BCUT2D eigenvalue weighted by molar-refractivity contribution is 5.77. The Morgan fingerprint density at radius 3 is 1.94 bits per heavy atom.